The SMILES string of the molecule is CC1CN(C)CCCN1CC1CC(C)(C)CCC1=O. The number of Topliss-reactive ketones (excluding diaryl/α,β-unsaturated/α-hetero) is 1. The summed E-state index contributed by atoms with van der Waals surface area (Å²) in [5.74, 6) is 0.777. The van der Waals surface area contributed by atoms with Crippen LogP contribution in [0.2, 0.25) is 0 Å². The quantitative estimate of drug-likeness (QED) is 0.767. The van der Waals surface area contributed by atoms with E-state index in [0.717, 1.165) is 38.9 Å². The molecule has 1 heterocycles. The van der Waals surface area contributed by atoms with Gasteiger partial charge in [-0.15, -0.1) is 0 Å². The molecule has 2 rings (SSSR count). The second-order valence-corrected chi connectivity index (χ2v) is 7.49. The van der Waals surface area contributed by atoms with E-state index in [-0.39, 0.29) is 5.92 Å². The van der Waals surface area contributed by atoms with E-state index >= 15 is 0 Å². The summed E-state index contributed by atoms with van der Waals surface area (Å²) in [7, 11) is 2.20. The molecule has 0 aromatic carbocycles. The lowest BCUT2D eigenvalue weighted by Crippen LogP contribution is -2.44. The highest BCUT2D eigenvalue weighted by Gasteiger charge is 2.35. The van der Waals surface area contributed by atoms with Gasteiger partial charge in [-0.2, -0.15) is 0 Å². The molecule has 1 aliphatic heterocycles. The molecule has 110 valence electrons. The van der Waals surface area contributed by atoms with Crippen molar-refractivity contribution < 1.29 is 4.79 Å². The Morgan fingerprint density at radius 1 is 1.32 bits per heavy atom. The zero-order chi connectivity index (χ0) is 14.0. The van der Waals surface area contributed by atoms with Gasteiger partial charge in [0.25, 0.3) is 0 Å². The van der Waals surface area contributed by atoms with Gasteiger partial charge in [-0.25, -0.2) is 0 Å². The molecule has 0 N–H and O–H groups in total. The van der Waals surface area contributed by atoms with Crippen LogP contribution in [0.15, 0.2) is 0 Å². The van der Waals surface area contributed by atoms with Crippen molar-refractivity contribution in [3.05, 3.63) is 0 Å². The number of nitrogens with zero attached hydrogens (tertiary/aromatic N) is 2. The zero-order valence-electron chi connectivity index (χ0n) is 13.1. The number of ketones is 1. The summed E-state index contributed by atoms with van der Waals surface area (Å²) in [6, 6.07) is 0.574. The van der Waals surface area contributed by atoms with Crippen molar-refractivity contribution in [2.45, 2.75) is 52.5 Å². The van der Waals surface area contributed by atoms with Crippen molar-refractivity contribution in [1.82, 2.24) is 9.80 Å². The van der Waals surface area contributed by atoms with Gasteiger partial charge in [0, 0.05) is 31.5 Å². The molecular formula is C16H30N2O. The highest BCUT2D eigenvalue weighted by Crippen LogP contribution is 2.37. The van der Waals surface area contributed by atoms with E-state index in [1.54, 1.807) is 0 Å². The number of rotatable bonds is 2. The first kappa shape index (κ1) is 15.0. The smallest absolute Gasteiger partial charge is 0.137 e. The first-order chi connectivity index (χ1) is 8.87. The minimum atomic E-state index is 0.273. The third-order valence-electron chi connectivity index (χ3n) is 4.94. The largest absolute Gasteiger partial charge is 0.305 e. The van der Waals surface area contributed by atoms with Gasteiger partial charge in [0.2, 0.25) is 0 Å². The van der Waals surface area contributed by atoms with Crippen molar-refractivity contribution in [3.63, 3.8) is 0 Å². The van der Waals surface area contributed by atoms with Crippen LogP contribution < -0.4 is 0 Å². The highest BCUT2D eigenvalue weighted by atomic mass is 16.1. The molecule has 0 radical (unpaired) electrons. The summed E-state index contributed by atoms with van der Waals surface area (Å²) >= 11 is 0. The number of hydrogen-bond acceptors (Lipinski definition) is 3. The van der Waals surface area contributed by atoms with E-state index in [2.05, 4.69) is 37.6 Å². The normalized spacial score (nSPS) is 34.2. The molecule has 19 heavy (non-hydrogen) atoms. The second kappa shape index (κ2) is 5.92. The van der Waals surface area contributed by atoms with Crippen LogP contribution >= 0.6 is 0 Å². The molecule has 2 fully saturated rings. The summed E-state index contributed by atoms with van der Waals surface area (Å²) < 4.78 is 0. The molecule has 0 aromatic heterocycles. The van der Waals surface area contributed by atoms with E-state index in [4.69, 9.17) is 0 Å². The van der Waals surface area contributed by atoms with Gasteiger partial charge >= 0.3 is 0 Å². The van der Waals surface area contributed by atoms with Gasteiger partial charge in [0.05, 0.1) is 0 Å². The van der Waals surface area contributed by atoms with Crippen LogP contribution in [0.1, 0.15) is 46.5 Å². The Bertz CT molecular complexity index is 327. The van der Waals surface area contributed by atoms with Gasteiger partial charge in [0.15, 0.2) is 0 Å². The van der Waals surface area contributed by atoms with Crippen LogP contribution in [0.4, 0.5) is 0 Å². The third kappa shape index (κ3) is 4.03. The molecule has 0 aromatic rings. The van der Waals surface area contributed by atoms with E-state index in [1.165, 1.54) is 13.0 Å². The summed E-state index contributed by atoms with van der Waals surface area (Å²) in [6.07, 6.45) is 4.16. The van der Waals surface area contributed by atoms with E-state index in [1.807, 2.05) is 0 Å². The minimum Gasteiger partial charge on any atom is -0.305 e. The molecule has 2 atom stereocenters. The molecule has 1 aliphatic carbocycles. The fraction of sp³-hybridized carbons (Fsp3) is 0.938. The monoisotopic (exact) mass is 266 g/mol. The predicted octanol–water partition coefficient (Wildman–Crippen LogP) is 2.41. The maximum atomic E-state index is 12.2. The lowest BCUT2D eigenvalue weighted by Gasteiger charge is -2.38. The van der Waals surface area contributed by atoms with Crippen molar-refractivity contribution in [2.75, 3.05) is 33.2 Å². The first-order valence-electron chi connectivity index (χ1n) is 7.83. The van der Waals surface area contributed by atoms with Crippen LogP contribution in [0.25, 0.3) is 0 Å². The Labute approximate surface area is 118 Å². The Hall–Kier alpha value is -0.410. The summed E-state index contributed by atoms with van der Waals surface area (Å²) in [4.78, 5) is 17.1. The van der Waals surface area contributed by atoms with Crippen LogP contribution in [0.3, 0.4) is 0 Å². The Morgan fingerprint density at radius 2 is 2.05 bits per heavy atom. The maximum absolute atomic E-state index is 12.2. The molecule has 2 aliphatic rings. The molecular weight excluding hydrogens is 236 g/mol. The standard InChI is InChI=1S/C16H30N2O/c1-13-11-17(4)8-5-9-18(13)12-14-10-16(2,3)7-6-15(14)19/h13-14H,5-12H2,1-4H3. The van der Waals surface area contributed by atoms with E-state index in [0.29, 0.717) is 17.2 Å². The van der Waals surface area contributed by atoms with Crippen LogP contribution in [-0.2, 0) is 4.79 Å². The molecule has 3 heteroatoms. The van der Waals surface area contributed by atoms with Gasteiger partial charge in [-0.3, -0.25) is 9.69 Å². The van der Waals surface area contributed by atoms with Crippen molar-refractivity contribution in [3.8, 4) is 0 Å². The van der Waals surface area contributed by atoms with E-state index < -0.39 is 0 Å². The molecule has 1 saturated heterocycles. The number of carbonyl (C=O) groups is 1. The Kier molecular flexibility index (Phi) is 4.67. The molecule has 0 bridgehead atoms. The zero-order valence-corrected chi connectivity index (χ0v) is 13.1. The van der Waals surface area contributed by atoms with Crippen LogP contribution in [-0.4, -0.2) is 54.9 Å². The number of likely N-dealkylation sites (N-methyl/N-ethyl adjacent to an activating group) is 1. The highest BCUT2D eigenvalue weighted by molar-refractivity contribution is 5.82. The third-order valence-corrected chi connectivity index (χ3v) is 4.94. The van der Waals surface area contributed by atoms with Gasteiger partial charge in [0.1, 0.15) is 5.78 Å². The first-order valence-corrected chi connectivity index (χ1v) is 7.83. The molecule has 3 nitrogen and oxygen atoms in total. The fourth-order valence-electron chi connectivity index (χ4n) is 3.69. The maximum Gasteiger partial charge on any atom is 0.137 e. The lowest BCUT2D eigenvalue weighted by molar-refractivity contribution is -0.128. The van der Waals surface area contributed by atoms with E-state index in [9.17, 15) is 4.79 Å². The topological polar surface area (TPSA) is 23.6 Å². The molecule has 2 unspecified atom stereocenters. The van der Waals surface area contributed by atoms with Crippen molar-refractivity contribution in [2.24, 2.45) is 11.3 Å². The Balaban J connectivity index is 1.96. The molecule has 0 spiro atoms. The number of hydrogen-bond donors (Lipinski definition) is 0. The van der Waals surface area contributed by atoms with Crippen molar-refractivity contribution in [1.29, 1.82) is 0 Å². The summed E-state index contributed by atoms with van der Waals surface area (Å²) in [5, 5.41) is 0. The molecule has 1 saturated carbocycles. The summed E-state index contributed by atoms with van der Waals surface area (Å²) in [5.41, 5.74) is 0.352. The fourth-order valence-corrected chi connectivity index (χ4v) is 3.69. The molecule has 0 amide bonds. The Morgan fingerprint density at radius 3 is 2.79 bits per heavy atom. The minimum absolute atomic E-state index is 0.273. The van der Waals surface area contributed by atoms with Crippen LogP contribution in [0.5, 0.6) is 0 Å². The van der Waals surface area contributed by atoms with Gasteiger partial charge in [-0.05, 0) is 51.7 Å². The van der Waals surface area contributed by atoms with Gasteiger partial charge < -0.3 is 4.90 Å². The average molecular weight is 266 g/mol. The summed E-state index contributed by atoms with van der Waals surface area (Å²) in [6.45, 7) is 11.4. The van der Waals surface area contributed by atoms with Crippen LogP contribution in [0, 0.1) is 11.3 Å². The second-order valence-electron chi connectivity index (χ2n) is 7.49. The average Bonchev–Trinajstić information content (AvgIpc) is 2.46. The predicted molar refractivity (Wildman–Crippen MR) is 79.3 cm³/mol. The van der Waals surface area contributed by atoms with Gasteiger partial charge in [-0.1, -0.05) is 13.8 Å². The van der Waals surface area contributed by atoms with Crippen molar-refractivity contribution >= 4 is 5.78 Å². The lowest BCUT2D eigenvalue weighted by atomic mass is 9.71. The number of carbonyl (C=O) groups excluding carboxylic acids is 1.